The van der Waals surface area contributed by atoms with Gasteiger partial charge in [-0.3, -0.25) is 9.59 Å². The number of aromatic nitrogens is 1. The van der Waals surface area contributed by atoms with Crippen LogP contribution in [0.3, 0.4) is 0 Å². The van der Waals surface area contributed by atoms with Crippen molar-refractivity contribution in [1.29, 1.82) is 0 Å². The van der Waals surface area contributed by atoms with Crippen LogP contribution in [0.4, 0.5) is 0 Å². The minimum Gasteiger partial charge on any atom is -0.336 e. The molecule has 1 aromatic heterocycles. The average molecular weight is 235 g/mol. The third kappa shape index (κ3) is 2.74. The standard InChI is InChI=1S/C12H17N3O2/c1-10-8-13-5-7-15(10)12(17)9-14-6-3-2-4-11(14)16/h2-4,6,10,13H,5,7-9H2,1H3/t10-/m0/s1. The van der Waals surface area contributed by atoms with Gasteiger partial charge >= 0.3 is 0 Å². The first-order chi connectivity index (χ1) is 8.18. The molecule has 0 unspecified atom stereocenters. The molecule has 0 spiro atoms. The molecule has 17 heavy (non-hydrogen) atoms. The first kappa shape index (κ1) is 11.9. The fourth-order valence-electron chi connectivity index (χ4n) is 2.04. The summed E-state index contributed by atoms with van der Waals surface area (Å²) in [6.07, 6.45) is 1.65. The van der Waals surface area contributed by atoms with E-state index in [1.54, 1.807) is 18.3 Å². The smallest absolute Gasteiger partial charge is 0.250 e. The Labute approximate surface area is 100 Å². The number of pyridine rings is 1. The van der Waals surface area contributed by atoms with Crippen molar-refractivity contribution in [2.24, 2.45) is 0 Å². The number of hydrogen-bond acceptors (Lipinski definition) is 3. The maximum atomic E-state index is 12.1. The molecule has 2 rings (SSSR count). The van der Waals surface area contributed by atoms with Crippen LogP contribution in [0.1, 0.15) is 6.92 Å². The van der Waals surface area contributed by atoms with Crippen molar-refractivity contribution in [1.82, 2.24) is 14.8 Å². The first-order valence-electron chi connectivity index (χ1n) is 5.84. The Balaban J connectivity index is 2.06. The van der Waals surface area contributed by atoms with Crippen molar-refractivity contribution in [2.45, 2.75) is 19.5 Å². The summed E-state index contributed by atoms with van der Waals surface area (Å²) in [6, 6.07) is 5.09. The third-order valence-corrected chi connectivity index (χ3v) is 3.03. The van der Waals surface area contributed by atoms with Crippen LogP contribution in [-0.4, -0.2) is 41.1 Å². The maximum Gasteiger partial charge on any atom is 0.250 e. The highest BCUT2D eigenvalue weighted by molar-refractivity contribution is 5.76. The van der Waals surface area contributed by atoms with Gasteiger partial charge in [-0.05, 0) is 13.0 Å². The number of nitrogens with one attached hydrogen (secondary N) is 1. The van der Waals surface area contributed by atoms with E-state index in [0.717, 1.165) is 13.1 Å². The van der Waals surface area contributed by atoms with Crippen LogP contribution in [0.2, 0.25) is 0 Å². The molecule has 1 N–H and O–H groups in total. The lowest BCUT2D eigenvalue weighted by atomic mass is 10.2. The van der Waals surface area contributed by atoms with Gasteiger partial charge in [-0.25, -0.2) is 0 Å². The Bertz CT molecular complexity index is 455. The molecule has 1 amide bonds. The second-order valence-electron chi connectivity index (χ2n) is 4.31. The number of amides is 1. The Hall–Kier alpha value is -1.62. The lowest BCUT2D eigenvalue weighted by Gasteiger charge is -2.34. The van der Waals surface area contributed by atoms with Gasteiger partial charge in [0.25, 0.3) is 5.56 Å². The Morgan fingerprint density at radius 1 is 1.53 bits per heavy atom. The van der Waals surface area contributed by atoms with Crippen molar-refractivity contribution in [3.63, 3.8) is 0 Å². The lowest BCUT2D eigenvalue weighted by Crippen LogP contribution is -2.53. The number of carbonyl (C=O) groups is 1. The average Bonchev–Trinajstić information content (AvgIpc) is 2.32. The normalized spacial score (nSPS) is 20.3. The van der Waals surface area contributed by atoms with Crippen LogP contribution in [0, 0.1) is 0 Å². The van der Waals surface area contributed by atoms with E-state index < -0.39 is 0 Å². The molecule has 1 atom stereocenters. The number of hydrogen-bond donors (Lipinski definition) is 1. The van der Waals surface area contributed by atoms with E-state index in [9.17, 15) is 9.59 Å². The Morgan fingerprint density at radius 3 is 3.06 bits per heavy atom. The largest absolute Gasteiger partial charge is 0.336 e. The first-order valence-corrected chi connectivity index (χ1v) is 5.84. The van der Waals surface area contributed by atoms with E-state index >= 15 is 0 Å². The highest BCUT2D eigenvalue weighted by Gasteiger charge is 2.22. The second-order valence-corrected chi connectivity index (χ2v) is 4.31. The summed E-state index contributed by atoms with van der Waals surface area (Å²) < 4.78 is 1.44. The fraction of sp³-hybridized carbons (Fsp3) is 0.500. The van der Waals surface area contributed by atoms with Crippen LogP contribution in [0.25, 0.3) is 0 Å². The van der Waals surface area contributed by atoms with Gasteiger partial charge in [0.05, 0.1) is 0 Å². The van der Waals surface area contributed by atoms with Gasteiger partial charge in [0.15, 0.2) is 0 Å². The molecule has 1 aromatic rings. The van der Waals surface area contributed by atoms with Crippen LogP contribution in [0.15, 0.2) is 29.2 Å². The van der Waals surface area contributed by atoms with Crippen LogP contribution < -0.4 is 10.9 Å². The van der Waals surface area contributed by atoms with E-state index in [2.05, 4.69) is 5.32 Å². The number of nitrogens with zero attached hydrogens (tertiary/aromatic N) is 2. The van der Waals surface area contributed by atoms with E-state index in [1.165, 1.54) is 10.6 Å². The summed E-state index contributed by atoms with van der Waals surface area (Å²) in [5, 5.41) is 3.23. The molecule has 5 heteroatoms. The molecule has 1 fully saturated rings. The maximum absolute atomic E-state index is 12.1. The van der Waals surface area contributed by atoms with Gasteiger partial charge < -0.3 is 14.8 Å². The number of rotatable bonds is 2. The number of carbonyl (C=O) groups excluding carboxylic acids is 1. The SMILES string of the molecule is C[C@H]1CNCCN1C(=O)Cn1ccccc1=O. The molecule has 0 saturated carbocycles. The van der Waals surface area contributed by atoms with E-state index in [-0.39, 0.29) is 24.1 Å². The molecular weight excluding hydrogens is 218 g/mol. The van der Waals surface area contributed by atoms with E-state index in [4.69, 9.17) is 0 Å². The Morgan fingerprint density at radius 2 is 2.35 bits per heavy atom. The van der Waals surface area contributed by atoms with Gasteiger partial charge in [-0.1, -0.05) is 6.07 Å². The second kappa shape index (κ2) is 5.14. The van der Waals surface area contributed by atoms with Crippen molar-refractivity contribution in [3.05, 3.63) is 34.7 Å². The summed E-state index contributed by atoms with van der Waals surface area (Å²) in [6.45, 7) is 4.48. The molecule has 0 radical (unpaired) electrons. The highest BCUT2D eigenvalue weighted by Crippen LogP contribution is 2.03. The van der Waals surface area contributed by atoms with Gasteiger partial charge in [0, 0.05) is 37.9 Å². The monoisotopic (exact) mass is 235 g/mol. The van der Waals surface area contributed by atoms with Gasteiger partial charge in [-0.15, -0.1) is 0 Å². The number of piperazine rings is 1. The lowest BCUT2D eigenvalue weighted by molar-refractivity contribution is -0.134. The predicted molar refractivity (Wildman–Crippen MR) is 64.7 cm³/mol. The summed E-state index contributed by atoms with van der Waals surface area (Å²) in [4.78, 5) is 25.4. The zero-order valence-electron chi connectivity index (χ0n) is 9.93. The molecule has 92 valence electrons. The van der Waals surface area contributed by atoms with Crippen LogP contribution in [0.5, 0.6) is 0 Å². The van der Waals surface area contributed by atoms with Gasteiger partial charge in [0.1, 0.15) is 6.54 Å². The van der Waals surface area contributed by atoms with Crippen LogP contribution >= 0.6 is 0 Å². The van der Waals surface area contributed by atoms with Crippen molar-refractivity contribution < 1.29 is 4.79 Å². The van der Waals surface area contributed by atoms with E-state index in [0.29, 0.717) is 6.54 Å². The third-order valence-electron chi connectivity index (χ3n) is 3.03. The van der Waals surface area contributed by atoms with E-state index in [1.807, 2.05) is 11.8 Å². The van der Waals surface area contributed by atoms with Crippen molar-refractivity contribution >= 4 is 5.91 Å². The molecule has 0 bridgehead atoms. The molecule has 1 aliphatic rings. The molecule has 1 saturated heterocycles. The summed E-state index contributed by atoms with van der Waals surface area (Å²) in [5.41, 5.74) is -0.136. The van der Waals surface area contributed by atoms with Crippen molar-refractivity contribution in [3.8, 4) is 0 Å². The summed E-state index contributed by atoms with van der Waals surface area (Å²) in [7, 11) is 0. The van der Waals surface area contributed by atoms with Crippen molar-refractivity contribution in [2.75, 3.05) is 19.6 Å². The summed E-state index contributed by atoms with van der Waals surface area (Å²) in [5.74, 6) is 0.00676. The minimum atomic E-state index is -0.136. The molecule has 0 aliphatic carbocycles. The molecule has 1 aliphatic heterocycles. The predicted octanol–water partition coefficient (Wildman–Crippen LogP) is -0.331. The van der Waals surface area contributed by atoms with Gasteiger partial charge in [0.2, 0.25) is 5.91 Å². The molecule has 0 aromatic carbocycles. The highest BCUT2D eigenvalue weighted by atomic mass is 16.2. The quantitative estimate of drug-likeness (QED) is 0.763. The zero-order chi connectivity index (χ0) is 12.3. The molecule has 5 nitrogen and oxygen atoms in total. The zero-order valence-corrected chi connectivity index (χ0v) is 9.93. The molecule has 2 heterocycles. The fourth-order valence-corrected chi connectivity index (χ4v) is 2.04. The Kier molecular flexibility index (Phi) is 3.58. The summed E-state index contributed by atoms with van der Waals surface area (Å²) >= 11 is 0. The van der Waals surface area contributed by atoms with Crippen LogP contribution in [-0.2, 0) is 11.3 Å². The topological polar surface area (TPSA) is 54.3 Å². The molecular formula is C12H17N3O2. The minimum absolute atomic E-state index is 0.00676. The van der Waals surface area contributed by atoms with Gasteiger partial charge in [-0.2, -0.15) is 0 Å².